The SMILES string of the molecule is CC(=O)NC(C)C(=O)Nc1ccc2[nH]c3ccccc3c(=O)c2c1. The number of aromatic amines is 1. The van der Waals surface area contributed by atoms with Crippen LogP contribution < -0.4 is 16.1 Å². The van der Waals surface area contributed by atoms with Crippen LogP contribution in [-0.4, -0.2) is 22.8 Å². The van der Waals surface area contributed by atoms with E-state index in [9.17, 15) is 14.4 Å². The van der Waals surface area contributed by atoms with Crippen LogP contribution in [0.25, 0.3) is 21.8 Å². The lowest BCUT2D eigenvalue weighted by Gasteiger charge is -2.13. The van der Waals surface area contributed by atoms with Gasteiger partial charge < -0.3 is 15.6 Å². The lowest BCUT2D eigenvalue weighted by molar-refractivity contribution is -0.124. The molecule has 0 aliphatic rings. The summed E-state index contributed by atoms with van der Waals surface area (Å²) in [5, 5.41) is 6.32. The molecule has 0 saturated carbocycles. The maximum Gasteiger partial charge on any atom is 0.246 e. The highest BCUT2D eigenvalue weighted by atomic mass is 16.2. The first-order valence-electron chi connectivity index (χ1n) is 7.58. The molecule has 6 heteroatoms. The van der Waals surface area contributed by atoms with Crippen molar-refractivity contribution in [2.75, 3.05) is 5.32 Å². The number of carbonyl (C=O) groups is 2. The van der Waals surface area contributed by atoms with E-state index in [1.807, 2.05) is 18.2 Å². The summed E-state index contributed by atoms with van der Waals surface area (Å²) >= 11 is 0. The van der Waals surface area contributed by atoms with Crippen LogP contribution in [0.1, 0.15) is 13.8 Å². The first kappa shape index (κ1) is 15.7. The third-order valence-electron chi connectivity index (χ3n) is 3.79. The van der Waals surface area contributed by atoms with E-state index in [1.165, 1.54) is 6.92 Å². The van der Waals surface area contributed by atoms with Gasteiger partial charge in [0.15, 0.2) is 5.43 Å². The van der Waals surface area contributed by atoms with E-state index in [0.717, 1.165) is 5.52 Å². The summed E-state index contributed by atoms with van der Waals surface area (Å²) in [4.78, 5) is 38.9. The number of nitrogens with one attached hydrogen (secondary N) is 3. The van der Waals surface area contributed by atoms with Crippen LogP contribution in [0.4, 0.5) is 5.69 Å². The fraction of sp³-hybridized carbons (Fsp3) is 0.167. The highest BCUT2D eigenvalue weighted by molar-refractivity contribution is 5.99. The summed E-state index contributed by atoms with van der Waals surface area (Å²) in [6.07, 6.45) is 0. The van der Waals surface area contributed by atoms with Crippen molar-refractivity contribution in [2.45, 2.75) is 19.9 Å². The molecule has 2 amide bonds. The number of aromatic nitrogens is 1. The molecular formula is C18H17N3O3. The topological polar surface area (TPSA) is 91.1 Å². The number of H-pyrrole nitrogens is 1. The third kappa shape index (κ3) is 2.99. The molecule has 3 N–H and O–H groups in total. The number of hydrogen-bond acceptors (Lipinski definition) is 3. The van der Waals surface area contributed by atoms with Crippen LogP contribution in [-0.2, 0) is 9.59 Å². The maximum absolute atomic E-state index is 12.6. The molecule has 0 fully saturated rings. The van der Waals surface area contributed by atoms with Gasteiger partial charge in [-0.25, -0.2) is 0 Å². The van der Waals surface area contributed by atoms with E-state index in [1.54, 1.807) is 31.2 Å². The van der Waals surface area contributed by atoms with Crippen molar-refractivity contribution in [2.24, 2.45) is 0 Å². The van der Waals surface area contributed by atoms with Crippen molar-refractivity contribution < 1.29 is 9.59 Å². The molecule has 0 radical (unpaired) electrons. The maximum atomic E-state index is 12.6. The van der Waals surface area contributed by atoms with Crippen LogP contribution in [0.5, 0.6) is 0 Å². The highest BCUT2D eigenvalue weighted by Crippen LogP contribution is 2.18. The Hall–Kier alpha value is -3.15. The monoisotopic (exact) mass is 323 g/mol. The summed E-state index contributed by atoms with van der Waals surface area (Å²) in [7, 11) is 0. The van der Waals surface area contributed by atoms with Gasteiger partial charge in [-0.1, -0.05) is 12.1 Å². The van der Waals surface area contributed by atoms with Crippen molar-refractivity contribution in [3.8, 4) is 0 Å². The van der Waals surface area contributed by atoms with Crippen molar-refractivity contribution in [3.05, 3.63) is 52.7 Å². The van der Waals surface area contributed by atoms with Gasteiger partial charge >= 0.3 is 0 Å². The molecule has 1 heterocycles. The van der Waals surface area contributed by atoms with E-state index in [4.69, 9.17) is 0 Å². The van der Waals surface area contributed by atoms with Gasteiger partial charge in [-0.05, 0) is 37.3 Å². The summed E-state index contributed by atoms with van der Waals surface area (Å²) in [5.74, 6) is -0.624. The Morgan fingerprint density at radius 1 is 1.04 bits per heavy atom. The number of rotatable bonds is 3. The molecule has 3 aromatic rings. The molecule has 1 atom stereocenters. The van der Waals surface area contributed by atoms with Crippen molar-refractivity contribution in [1.82, 2.24) is 10.3 Å². The van der Waals surface area contributed by atoms with Crippen LogP contribution in [0.15, 0.2) is 47.3 Å². The Bertz CT molecular complexity index is 1010. The molecule has 122 valence electrons. The first-order chi connectivity index (χ1) is 11.5. The van der Waals surface area contributed by atoms with Crippen LogP contribution in [0.3, 0.4) is 0 Å². The zero-order valence-corrected chi connectivity index (χ0v) is 13.3. The van der Waals surface area contributed by atoms with Crippen LogP contribution in [0.2, 0.25) is 0 Å². The molecule has 0 saturated heterocycles. The Balaban J connectivity index is 1.98. The second-order valence-electron chi connectivity index (χ2n) is 5.67. The highest BCUT2D eigenvalue weighted by Gasteiger charge is 2.14. The van der Waals surface area contributed by atoms with E-state index < -0.39 is 6.04 Å². The molecule has 0 aliphatic carbocycles. The predicted molar refractivity (Wildman–Crippen MR) is 94.0 cm³/mol. The number of amides is 2. The second kappa shape index (κ2) is 6.16. The zero-order chi connectivity index (χ0) is 17.3. The Kier molecular flexibility index (Phi) is 4.04. The number of carbonyl (C=O) groups excluding carboxylic acids is 2. The molecule has 0 spiro atoms. The number of hydrogen-bond donors (Lipinski definition) is 3. The van der Waals surface area contributed by atoms with E-state index in [-0.39, 0.29) is 17.2 Å². The van der Waals surface area contributed by atoms with Gasteiger partial charge in [-0.3, -0.25) is 14.4 Å². The summed E-state index contributed by atoms with van der Waals surface area (Å²) < 4.78 is 0. The molecule has 24 heavy (non-hydrogen) atoms. The van der Waals surface area contributed by atoms with Gasteiger partial charge in [0, 0.05) is 34.4 Å². The summed E-state index contributed by atoms with van der Waals surface area (Å²) in [6.45, 7) is 2.95. The molecule has 1 aromatic heterocycles. The van der Waals surface area contributed by atoms with Gasteiger partial charge in [-0.2, -0.15) is 0 Å². The van der Waals surface area contributed by atoms with Crippen molar-refractivity contribution in [3.63, 3.8) is 0 Å². The largest absolute Gasteiger partial charge is 0.354 e. The van der Waals surface area contributed by atoms with E-state index in [0.29, 0.717) is 22.0 Å². The Labute approximate surface area is 137 Å². The van der Waals surface area contributed by atoms with Crippen LogP contribution in [0, 0.1) is 0 Å². The average molecular weight is 323 g/mol. The molecule has 2 aromatic carbocycles. The van der Waals surface area contributed by atoms with Gasteiger partial charge in [0.05, 0.1) is 0 Å². The minimum atomic E-state index is -0.659. The quantitative estimate of drug-likeness (QED) is 0.645. The van der Waals surface area contributed by atoms with Gasteiger partial charge in [0.25, 0.3) is 0 Å². The Morgan fingerprint density at radius 2 is 1.75 bits per heavy atom. The molecule has 0 aliphatic heterocycles. The fourth-order valence-corrected chi connectivity index (χ4v) is 2.62. The van der Waals surface area contributed by atoms with E-state index in [2.05, 4.69) is 15.6 Å². The van der Waals surface area contributed by atoms with Gasteiger partial charge in [-0.15, -0.1) is 0 Å². The molecule has 6 nitrogen and oxygen atoms in total. The lowest BCUT2D eigenvalue weighted by atomic mass is 10.1. The second-order valence-corrected chi connectivity index (χ2v) is 5.67. The van der Waals surface area contributed by atoms with Crippen molar-refractivity contribution >= 4 is 39.3 Å². The number of fused-ring (bicyclic) bond motifs is 2. The molecule has 0 bridgehead atoms. The smallest absolute Gasteiger partial charge is 0.246 e. The third-order valence-corrected chi connectivity index (χ3v) is 3.79. The number of pyridine rings is 1. The molecule has 1 unspecified atom stereocenters. The standard InChI is InChI=1S/C18H17N3O3/c1-10(19-11(2)22)18(24)20-12-7-8-16-14(9-12)17(23)13-5-3-4-6-15(13)21-16/h3-10H,1-2H3,(H,19,22)(H,20,24)(H,21,23). The first-order valence-corrected chi connectivity index (χ1v) is 7.58. The summed E-state index contributed by atoms with van der Waals surface area (Å²) in [5.41, 5.74) is 1.88. The minimum Gasteiger partial charge on any atom is -0.354 e. The van der Waals surface area contributed by atoms with Crippen molar-refractivity contribution in [1.29, 1.82) is 0 Å². The normalized spacial score (nSPS) is 12.1. The lowest BCUT2D eigenvalue weighted by Crippen LogP contribution is -2.40. The van der Waals surface area contributed by atoms with Gasteiger partial charge in [0.1, 0.15) is 6.04 Å². The minimum absolute atomic E-state index is 0.0923. The zero-order valence-electron chi connectivity index (χ0n) is 13.3. The number of benzene rings is 2. The van der Waals surface area contributed by atoms with Gasteiger partial charge in [0.2, 0.25) is 11.8 Å². The van der Waals surface area contributed by atoms with E-state index >= 15 is 0 Å². The average Bonchev–Trinajstić information content (AvgIpc) is 2.55. The number of anilines is 1. The Morgan fingerprint density at radius 3 is 2.50 bits per heavy atom. The fourth-order valence-electron chi connectivity index (χ4n) is 2.62. The summed E-state index contributed by atoms with van der Waals surface area (Å²) in [6, 6.07) is 11.7. The molecular weight excluding hydrogens is 306 g/mol. The van der Waals surface area contributed by atoms with Crippen LogP contribution >= 0.6 is 0 Å². The predicted octanol–water partition coefficient (Wildman–Crippen LogP) is 2.14. The number of para-hydroxylation sites is 1. The molecule has 3 rings (SSSR count).